The summed E-state index contributed by atoms with van der Waals surface area (Å²) in [4.78, 5) is 33.9. The maximum Gasteiger partial charge on any atom is 0.328 e. The van der Waals surface area contributed by atoms with Crippen LogP contribution in [-0.2, 0) is 9.59 Å². The highest BCUT2D eigenvalue weighted by atomic mass is 32.1. The van der Waals surface area contributed by atoms with Crippen molar-refractivity contribution in [3.05, 3.63) is 41.0 Å². The second-order valence-corrected chi connectivity index (χ2v) is 8.31. The van der Waals surface area contributed by atoms with Gasteiger partial charge in [-0.05, 0) is 26.3 Å². The van der Waals surface area contributed by atoms with Gasteiger partial charge in [-0.2, -0.15) is 0 Å². The molecule has 3 rings (SSSR count). The molecule has 0 aliphatic rings. The summed E-state index contributed by atoms with van der Waals surface area (Å²) < 4.78 is 0. The van der Waals surface area contributed by atoms with Crippen LogP contribution >= 0.6 is 11.3 Å². The van der Waals surface area contributed by atoms with Crippen molar-refractivity contribution in [3.63, 3.8) is 0 Å². The van der Waals surface area contributed by atoms with Crippen LogP contribution in [0.4, 0.5) is 5.82 Å². The molecular formula is C21H24N4O4S. The van der Waals surface area contributed by atoms with Gasteiger partial charge in [0.2, 0.25) is 5.91 Å². The standard InChI is InChI=1S/C21H24N4O4S/c1-11-4-6-14(7-5-11)16-13(3)30-20-17(16)19(23-10-24-20)22-9-8-15(27)25-18(12(2)26)21(28)29/h4-7,10,12,18,26H,8-9H2,1-3H3,(H,25,27)(H,28,29)(H,22,23,24). The molecule has 2 atom stereocenters. The highest BCUT2D eigenvalue weighted by Crippen LogP contribution is 2.40. The van der Waals surface area contributed by atoms with E-state index < -0.39 is 24.0 Å². The number of thiophene rings is 1. The van der Waals surface area contributed by atoms with Crippen LogP contribution in [0.2, 0.25) is 0 Å². The number of nitrogens with one attached hydrogen (secondary N) is 2. The van der Waals surface area contributed by atoms with E-state index >= 15 is 0 Å². The molecule has 0 fully saturated rings. The lowest BCUT2D eigenvalue weighted by Crippen LogP contribution is -2.47. The summed E-state index contributed by atoms with van der Waals surface area (Å²) in [6.45, 7) is 5.66. The number of carbonyl (C=O) groups excluding carboxylic acids is 1. The van der Waals surface area contributed by atoms with Gasteiger partial charge in [0.15, 0.2) is 6.04 Å². The van der Waals surface area contributed by atoms with Crippen LogP contribution in [0.15, 0.2) is 30.6 Å². The van der Waals surface area contributed by atoms with Crippen LogP contribution in [-0.4, -0.2) is 50.7 Å². The topological polar surface area (TPSA) is 124 Å². The largest absolute Gasteiger partial charge is 0.480 e. The number of anilines is 1. The summed E-state index contributed by atoms with van der Waals surface area (Å²) in [5.74, 6) is -1.13. The highest BCUT2D eigenvalue weighted by molar-refractivity contribution is 7.19. The van der Waals surface area contributed by atoms with Crippen molar-refractivity contribution < 1.29 is 19.8 Å². The van der Waals surface area contributed by atoms with Gasteiger partial charge in [0.25, 0.3) is 0 Å². The normalized spacial score (nSPS) is 13.1. The zero-order valence-electron chi connectivity index (χ0n) is 17.0. The quantitative estimate of drug-likeness (QED) is 0.435. The minimum atomic E-state index is -1.34. The summed E-state index contributed by atoms with van der Waals surface area (Å²) in [7, 11) is 0. The lowest BCUT2D eigenvalue weighted by molar-refractivity contribution is -0.144. The van der Waals surface area contributed by atoms with E-state index in [1.165, 1.54) is 18.8 Å². The van der Waals surface area contributed by atoms with Crippen LogP contribution in [0, 0.1) is 13.8 Å². The number of benzene rings is 1. The van der Waals surface area contributed by atoms with Crippen molar-refractivity contribution in [1.82, 2.24) is 15.3 Å². The van der Waals surface area contributed by atoms with Crippen LogP contribution < -0.4 is 10.6 Å². The summed E-state index contributed by atoms with van der Waals surface area (Å²) in [5.41, 5.74) is 3.30. The Balaban J connectivity index is 1.78. The number of aliphatic hydroxyl groups excluding tert-OH is 1. The molecular weight excluding hydrogens is 404 g/mol. The Bertz CT molecular complexity index is 1060. The van der Waals surface area contributed by atoms with Crippen molar-refractivity contribution in [3.8, 4) is 11.1 Å². The summed E-state index contributed by atoms with van der Waals surface area (Å²) >= 11 is 1.58. The second kappa shape index (κ2) is 9.19. The van der Waals surface area contributed by atoms with E-state index in [4.69, 9.17) is 5.11 Å². The third kappa shape index (κ3) is 4.74. The predicted molar refractivity (Wildman–Crippen MR) is 117 cm³/mol. The third-order valence-electron chi connectivity index (χ3n) is 4.71. The molecule has 3 aromatic rings. The molecule has 2 aromatic heterocycles. The minimum Gasteiger partial charge on any atom is -0.480 e. The van der Waals surface area contributed by atoms with Crippen LogP contribution in [0.5, 0.6) is 0 Å². The SMILES string of the molecule is Cc1ccc(-c2c(C)sc3ncnc(NCCC(=O)NC(C(=O)O)C(C)O)c23)cc1. The molecule has 1 amide bonds. The van der Waals surface area contributed by atoms with Crippen molar-refractivity contribution in [2.24, 2.45) is 0 Å². The molecule has 9 heteroatoms. The Morgan fingerprint density at radius 2 is 1.87 bits per heavy atom. The van der Waals surface area contributed by atoms with E-state index in [-0.39, 0.29) is 13.0 Å². The minimum absolute atomic E-state index is 0.0327. The van der Waals surface area contributed by atoms with Gasteiger partial charge >= 0.3 is 5.97 Å². The number of amides is 1. The predicted octanol–water partition coefficient (Wildman–Crippen LogP) is 2.73. The number of hydrogen-bond donors (Lipinski definition) is 4. The summed E-state index contributed by atoms with van der Waals surface area (Å²) in [6, 6.07) is 6.91. The first kappa shape index (κ1) is 21.7. The smallest absolute Gasteiger partial charge is 0.328 e. The molecule has 0 aliphatic carbocycles. The Kier molecular flexibility index (Phi) is 6.63. The van der Waals surface area contributed by atoms with E-state index in [1.807, 2.05) is 13.8 Å². The van der Waals surface area contributed by atoms with Crippen LogP contribution in [0.25, 0.3) is 21.3 Å². The monoisotopic (exact) mass is 428 g/mol. The molecule has 0 spiro atoms. The Hall–Kier alpha value is -3.04. The van der Waals surface area contributed by atoms with Crippen molar-refractivity contribution in [2.75, 3.05) is 11.9 Å². The molecule has 0 radical (unpaired) electrons. The molecule has 0 saturated carbocycles. The maximum absolute atomic E-state index is 12.1. The second-order valence-electron chi connectivity index (χ2n) is 7.10. The molecule has 158 valence electrons. The van der Waals surface area contributed by atoms with Gasteiger partial charge in [0.1, 0.15) is 17.0 Å². The van der Waals surface area contributed by atoms with Gasteiger partial charge < -0.3 is 20.8 Å². The molecule has 2 unspecified atom stereocenters. The number of aromatic nitrogens is 2. The van der Waals surface area contributed by atoms with Gasteiger partial charge in [0, 0.05) is 23.4 Å². The third-order valence-corrected chi connectivity index (χ3v) is 5.73. The number of aliphatic hydroxyl groups is 1. The molecule has 30 heavy (non-hydrogen) atoms. The van der Waals surface area contributed by atoms with Crippen molar-refractivity contribution >= 4 is 39.2 Å². The molecule has 0 saturated heterocycles. The molecule has 2 heterocycles. The zero-order chi connectivity index (χ0) is 21.8. The van der Waals surface area contributed by atoms with Gasteiger partial charge in [-0.25, -0.2) is 14.8 Å². The number of hydrogen-bond acceptors (Lipinski definition) is 7. The van der Waals surface area contributed by atoms with Crippen LogP contribution in [0.1, 0.15) is 23.8 Å². The molecule has 0 bridgehead atoms. The van der Waals surface area contributed by atoms with Crippen LogP contribution in [0.3, 0.4) is 0 Å². The van der Waals surface area contributed by atoms with E-state index in [0.717, 1.165) is 26.2 Å². The van der Waals surface area contributed by atoms with Gasteiger partial charge in [0.05, 0.1) is 11.5 Å². The number of aryl methyl sites for hydroxylation is 2. The zero-order valence-corrected chi connectivity index (χ0v) is 17.8. The number of carboxylic acid groups (broad SMARTS) is 1. The fourth-order valence-corrected chi connectivity index (χ4v) is 4.19. The van der Waals surface area contributed by atoms with Crippen molar-refractivity contribution in [1.29, 1.82) is 0 Å². The van der Waals surface area contributed by atoms with E-state index in [0.29, 0.717) is 5.82 Å². The number of carbonyl (C=O) groups is 2. The lowest BCUT2D eigenvalue weighted by Gasteiger charge is -2.17. The number of carboxylic acids is 1. The van der Waals surface area contributed by atoms with Gasteiger partial charge in [-0.3, -0.25) is 4.79 Å². The number of rotatable bonds is 8. The Morgan fingerprint density at radius 1 is 1.17 bits per heavy atom. The summed E-state index contributed by atoms with van der Waals surface area (Å²) in [6.07, 6.45) is 0.324. The Morgan fingerprint density at radius 3 is 2.50 bits per heavy atom. The van der Waals surface area contributed by atoms with Crippen molar-refractivity contribution in [2.45, 2.75) is 39.3 Å². The molecule has 8 nitrogen and oxygen atoms in total. The first-order valence-electron chi connectivity index (χ1n) is 9.53. The molecule has 1 aromatic carbocycles. The van der Waals surface area contributed by atoms with Gasteiger partial charge in [-0.15, -0.1) is 11.3 Å². The fourth-order valence-electron chi connectivity index (χ4n) is 3.17. The number of aliphatic carboxylic acids is 1. The molecule has 4 N–H and O–H groups in total. The Labute approximate surface area is 178 Å². The molecule has 0 aliphatic heterocycles. The highest BCUT2D eigenvalue weighted by Gasteiger charge is 2.24. The van der Waals surface area contributed by atoms with E-state index in [1.54, 1.807) is 11.3 Å². The van der Waals surface area contributed by atoms with E-state index in [2.05, 4.69) is 44.9 Å². The first-order chi connectivity index (χ1) is 14.3. The maximum atomic E-state index is 12.1. The first-order valence-corrected chi connectivity index (χ1v) is 10.3. The number of nitrogens with zero attached hydrogens (tertiary/aromatic N) is 2. The average Bonchev–Trinajstić information content (AvgIpc) is 3.03. The van der Waals surface area contributed by atoms with E-state index in [9.17, 15) is 14.7 Å². The lowest BCUT2D eigenvalue weighted by atomic mass is 10.0. The number of fused-ring (bicyclic) bond motifs is 1. The average molecular weight is 429 g/mol. The van der Waals surface area contributed by atoms with Gasteiger partial charge in [-0.1, -0.05) is 29.8 Å². The fraction of sp³-hybridized carbons (Fsp3) is 0.333. The summed E-state index contributed by atoms with van der Waals surface area (Å²) in [5, 5.41) is 24.9.